The van der Waals surface area contributed by atoms with Crippen molar-refractivity contribution in [3.8, 4) is 0 Å². The van der Waals surface area contributed by atoms with Crippen LogP contribution in [0.2, 0.25) is 0 Å². The molecule has 0 bridgehead atoms. The average molecular weight is 258 g/mol. The molecule has 1 atom stereocenters. The minimum atomic E-state index is -1.63. The van der Waals surface area contributed by atoms with Gasteiger partial charge in [-0.25, -0.2) is 4.39 Å². The number of likely N-dealkylation sites (tertiary alicyclic amines) is 2. The molecule has 2 aliphatic heterocycles. The van der Waals surface area contributed by atoms with E-state index >= 15 is 0 Å². The number of aliphatic hydroxyl groups is 1. The lowest BCUT2D eigenvalue weighted by molar-refractivity contribution is -0.158. The normalized spacial score (nSPS) is 30.2. The minimum Gasteiger partial charge on any atom is -0.393 e. The van der Waals surface area contributed by atoms with Gasteiger partial charge in [-0.05, 0) is 13.3 Å². The van der Waals surface area contributed by atoms with Crippen molar-refractivity contribution in [1.82, 2.24) is 9.80 Å². The summed E-state index contributed by atoms with van der Waals surface area (Å²) in [4.78, 5) is 26.6. The maximum Gasteiger partial charge on any atom is 0.230 e. The summed E-state index contributed by atoms with van der Waals surface area (Å²) >= 11 is 0. The number of aliphatic hydroxyl groups excluding tert-OH is 1. The van der Waals surface area contributed by atoms with Gasteiger partial charge in [0.1, 0.15) is 0 Å². The van der Waals surface area contributed by atoms with E-state index in [1.807, 2.05) is 6.92 Å². The van der Waals surface area contributed by atoms with E-state index in [1.54, 1.807) is 4.90 Å². The van der Waals surface area contributed by atoms with Crippen LogP contribution in [0.3, 0.4) is 0 Å². The first kappa shape index (κ1) is 13.3. The predicted molar refractivity (Wildman–Crippen MR) is 62.5 cm³/mol. The minimum absolute atomic E-state index is 0.0367. The summed E-state index contributed by atoms with van der Waals surface area (Å²) in [6, 6.07) is 0. The van der Waals surface area contributed by atoms with Crippen molar-refractivity contribution in [1.29, 1.82) is 0 Å². The summed E-state index contributed by atoms with van der Waals surface area (Å²) in [6.45, 7) is 3.64. The number of hydrogen-bond acceptors (Lipinski definition) is 3. The number of carbonyl (C=O) groups excluding carboxylic acids is 2. The van der Waals surface area contributed by atoms with Crippen molar-refractivity contribution in [2.75, 3.05) is 32.8 Å². The maximum absolute atomic E-state index is 13.6. The second-order valence-corrected chi connectivity index (χ2v) is 5.72. The first-order valence-corrected chi connectivity index (χ1v) is 6.14. The summed E-state index contributed by atoms with van der Waals surface area (Å²) < 4.78 is 13.6. The van der Waals surface area contributed by atoms with E-state index in [4.69, 9.17) is 5.11 Å². The number of halogens is 1. The third-order valence-corrected chi connectivity index (χ3v) is 3.95. The molecule has 0 aromatic heterocycles. The van der Waals surface area contributed by atoms with Crippen molar-refractivity contribution in [2.24, 2.45) is 5.41 Å². The predicted octanol–water partition coefficient (Wildman–Crippen LogP) is -0.212. The van der Waals surface area contributed by atoms with Gasteiger partial charge in [-0.1, -0.05) is 0 Å². The second kappa shape index (κ2) is 4.19. The SMILES string of the molecule is CC(=O)N1CCC(C)(C(=O)N2CC(F)(CO)C2)C1. The van der Waals surface area contributed by atoms with Gasteiger partial charge in [0, 0.05) is 20.0 Å². The quantitative estimate of drug-likeness (QED) is 0.745. The van der Waals surface area contributed by atoms with Crippen molar-refractivity contribution >= 4 is 11.8 Å². The van der Waals surface area contributed by atoms with Crippen molar-refractivity contribution in [3.63, 3.8) is 0 Å². The Morgan fingerprint density at radius 2 is 1.89 bits per heavy atom. The summed E-state index contributed by atoms with van der Waals surface area (Å²) in [7, 11) is 0. The van der Waals surface area contributed by atoms with Crippen LogP contribution >= 0.6 is 0 Å². The number of nitrogens with zero attached hydrogens (tertiary/aromatic N) is 2. The molecule has 2 fully saturated rings. The van der Waals surface area contributed by atoms with Crippen LogP contribution in [0.15, 0.2) is 0 Å². The third kappa shape index (κ3) is 2.09. The van der Waals surface area contributed by atoms with E-state index in [2.05, 4.69) is 0 Å². The van der Waals surface area contributed by atoms with Crippen molar-refractivity contribution in [2.45, 2.75) is 25.9 Å². The fourth-order valence-electron chi connectivity index (χ4n) is 2.67. The Balaban J connectivity index is 1.97. The zero-order valence-corrected chi connectivity index (χ0v) is 10.8. The van der Waals surface area contributed by atoms with Crippen LogP contribution in [0.5, 0.6) is 0 Å². The highest BCUT2D eigenvalue weighted by atomic mass is 19.1. The lowest BCUT2D eigenvalue weighted by Gasteiger charge is -2.46. The average Bonchev–Trinajstić information content (AvgIpc) is 2.68. The van der Waals surface area contributed by atoms with E-state index in [-0.39, 0.29) is 24.9 Å². The van der Waals surface area contributed by atoms with Gasteiger partial charge in [0.25, 0.3) is 0 Å². The smallest absolute Gasteiger partial charge is 0.230 e. The molecule has 5 nitrogen and oxygen atoms in total. The molecule has 0 aromatic rings. The molecular formula is C12H19FN2O3. The topological polar surface area (TPSA) is 60.9 Å². The molecule has 0 aliphatic carbocycles. The first-order valence-electron chi connectivity index (χ1n) is 6.14. The maximum atomic E-state index is 13.6. The van der Waals surface area contributed by atoms with Crippen molar-refractivity contribution < 1.29 is 19.1 Å². The van der Waals surface area contributed by atoms with E-state index in [1.165, 1.54) is 11.8 Å². The van der Waals surface area contributed by atoms with Crippen LogP contribution in [0.1, 0.15) is 20.3 Å². The molecule has 0 aromatic carbocycles. The van der Waals surface area contributed by atoms with Crippen LogP contribution in [0, 0.1) is 5.41 Å². The third-order valence-electron chi connectivity index (χ3n) is 3.95. The zero-order chi connectivity index (χ0) is 13.6. The summed E-state index contributed by atoms with van der Waals surface area (Å²) in [6.07, 6.45) is 0.611. The van der Waals surface area contributed by atoms with E-state index in [0.717, 1.165) is 0 Å². The molecule has 2 rings (SSSR count). The Bertz CT molecular complexity index is 382. The highest BCUT2D eigenvalue weighted by molar-refractivity contribution is 5.85. The van der Waals surface area contributed by atoms with Gasteiger partial charge in [0.2, 0.25) is 11.8 Å². The molecule has 2 heterocycles. The molecule has 2 aliphatic rings. The molecule has 2 amide bonds. The summed E-state index contributed by atoms with van der Waals surface area (Å²) in [5, 5.41) is 8.82. The van der Waals surface area contributed by atoms with Crippen LogP contribution in [-0.4, -0.2) is 65.2 Å². The second-order valence-electron chi connectivity index (χ2n) is 5.72. The van der Waals surface area contributed by atoms with Gasteiger partial charge in [0.15, 0.2) is 5.67 Å². The molecule has 2 saturated heterocycles. The van der Waals surface area contributed by atoms with E-state index in [0.29, 0.717) is 19.5 Å². The number of rotatable bonds is 2. The Hall–Kier alpha value is -1.17. The molecule has 18 heavy (non-hydrogen) atoms. The Labute approximate surface area is 106 Å². The Kier molecular flexibility index (Phi) is 3.09. The lowest BCUT2D eigenvalue weighted by Crippen LogP contribution is -2.65. The monoisotopic (exact) mass is 258 g/mol. The highest BCUT2D eigenvalue weighted by Gasteiger charge is 2.51. The van der Waals surface area contributed by atoms with Gasteiger partial charge in [-0.2, -0.15) is 0 Å². The van der Waals surface area contributed by atoms with Gasteiger partial charge in [-0.15, -0.1) is 0 Å². The number of alkyl halides is 1. The molecular weight excluding hydrogens is 239 g/mol. The standard InChI is InChI=1S/C12H19FN2O3/c1-9(17)14-4-3-11(2,5-14)10(18)15-6-12(13,7-15)8-16/h16H,3-8H2,1-2H3. The highest BCUT2D eigenvalue weighted by Crippen LogP contribution is 2.36. The van der Waals surface area contributed by atoms with Gasteiger partial charge in [-0.3, -0.25) is 9.59 Å². The largest absolute Gasteiger partial charge is 0.393 e. The van der Waals surface area contributed by atoms with Crippen LogP contribution < -0.4 is 0 Å². The summed E-state index contributed by atoms with van der Waals surface area (Å²) in [5.41, 5.74) is -2.24. The summed E-state index contributed by atoms with van der Waals surface area (Å²) in [5.74, 6) is -0.154. The molecule has 1 unspecified atom stereocenters. The zero-order valence-electron chi connectivity index (χ0n) is 10.8. The molecule has 1 N–H and O–H groups in total. The Morgan fingerprint density at radius 1 is 1.28 bits per heavy atom. The van der Waals surface area contributed by atoms with Crippen molar-refractivity contribution in [3.05, 3.63) is 0 Å². The molecule has 102 valence electrons. The van der Waals surface area contributed by atoms with Crippen LogP contribution in [0.4, 0.5) is 4.39 Å². The fourth-order valence-corrected chi connectivity index (χ4v) is 2.67. The molecule has 0 radical (unpaired) electrons. The molecule has 0 saturated carbocycles. The molecule has 0 spiro atoms. The number of hydrogen-bond donors (Lipinski definition) is 1. The van der Waals surface area contributed by atoms with E-state index in [9.17, 15) is 14.0 Å². The van der Waals surface area contributed by atoms with Crippen LogP contribution in [0.25, 0.3) is 0 Å². The Morgan fingerprint density at radius 3 is 2.33 bits per heavy atom. The first-order chi connectivity index (χ1) is 8.30. The number of carbonyl (C=O) groups is 2. The molecule has 6 heteroatoms. The van der Waals surface area contributed by atoms with Gasteiger partial charge in [0.05, 0.1) is 25.1 Å². The fraction of sp³-hybridized carbons (Fsp3) is 0.833. The van der Waals surface area contributed by atoms with Gasteiger partial charge < -0.3 is 14.9 Å². The number of amides is 2. The van der Waals surface area contributed by atoms with Gasteiger partial charge >= 0.3 is 0 Å². The van der Waals surface area contributed by atoms with E-state index < -0.39 is 17.7 Å². The van der Waals surface area contributed by atoms with Crippen LogP contribution in [-0.2, 0) is 9.59 Å². The lowest BCUT2D eigenvalue weighted by atomic mass is 9.85.